The standard InChI is InChI=1S/C8H20O2Si/c1-7(8(2,3)4)11(9-5)10-6/h7,11H,1-6H3. The predicted octanol–water partition coefficient (Wildman–Crippen LogP) is 1.94. The summed E-state index contributed by atoms with van der Waals surface area (Å²) < 4.78 is 10.6. The van der Waals surface area contributed by atoms with Crippen molar-refractivity contribution < 1.29 is 8.85 Å². The van der Waals surface area contributed by atoms with Gasteiger partial charge in [0.15, 0.2) is 0 Å². The molecule has 0 amide bonds. The smallest absolute Gasteiger partial charge is 0.324 e. The van der Waals surface area contributed by atoms with Crippen molar-refractivity contribution in [1.82, 2.24) is 0 Å². The Bertz CT molecular complexity index is 105. The molecule has 0 aromatic carbocycles. The van der Waals surface area contributed by atoms with E-state index in [4.69, 9.17) is 8.85 Å². The summed E-state index contributed by atoms with van der Waals surface area (Å²) in [5.74, 6) is 0. The molecule has 0 saturated carbocycles. The van der Waals surface area contributed by atoms with Gasteiger partial charge in [0, 0.05) is 19.8 Å². The fourth-order valence-corrected chi connectivity index (χ4v) is 2.74. The minimum Gasteiger partial charge on any atom is -0.400 e. The monoisotopic (exact) mass is 176 g/mol. The second-order valence-electron chi connectivity index (χ2n) is 3.99. The summed E-state index contributed by atoms with van der Waals surface area (Å²) in [5.41, 5.74) is 0.834. The molecule has 1 unspecified atom stereocenters. The van der Waals surface area contributed by atoms with Crippen molar-refractivity contribution in [2.24, 2.45) is 5.41 Å². The van der Waals surface area contributed by atoms with Crippen LogP contribution in [0.15, 0.2) is 0 Å². The molecule has 0 aromatic heterocycles. The van der Waals surface area contributed by atoms with Crippen LogP contribution in [-0.2, 0) is 8.85 Å². The summed E-state index contributed by atoms with van der Waals surface area (Å²) >= 11 is 0. The molecule has 0 aliphatic heterocycles. The Morgan fingerprint density at radius 3 is 1.55 bits per heavy atom. The van der Waals surface area contributed by atoms with Gasteiger partial charge in [-0.25, -0.2) is 0 Å². The van der Waals surface area contributed by atoms with Crippen molar-refractivity contribution in [2.75, 3.05) is 14.2 Å². The van der Waals surface area contributed by atoms with E-state index in [1.807, 2.05) is 0 Å². The first-order chi connectivity index (χ1) is 4.93. The summed E-state index contributed by atoms with van der Waals surface area (Å²) in [6.45, 7) is 8.85. The van der Waals surface area contributed by atoms with E-state index < -0.39 is 9.28 Å². The predicted molar refractivity (Wildman–Crippen MR) is 50.0 cm³/mol. The van der Waals surface area contributed by atoms with Gasteiger partial charge in [-0.3, -0.25) is 0 Å². The molecule has 68 valence electrons. The molecule has 0 radical (unpaired) electrons. The highest BCUT2D eigenvalue weighted by molar-refractivity contribution is 6.46. The zero-order valence-electron chi connectivity index (χ0n) is 8.47. The highest BCUT2D eigenvalue weighted by atomic mass is 28.3. The van der Waals surface area contributed by atoms with E-state index in [2.05, 4.69) is 27.7 Å². The third-order valence-corrected chi connectivity index (χ3v) is 4.98. The molecule has 0 heterocycles. The third-order valence-electron chi connectivity index (χ3n) is 2.24. The third kappa shape index (κ3) is 3.36. The molecule has 0 spiro atoms. The van der Waals surface area contributed by atoms with Gasteiger partial charge in [-0.2, -0.15) is 0 Å². The largest absolute Gasteiger partial charge is 0.400 e. The first-order valence-corrected chi connectivity index (χ1v) is 5.60. The van der Waals surface area contributed by atoms with Crippen molar-refractivity contribution in [1.29, 1.82) is 0 Å². The van der Waals surface area contributed by atoms with Crippen LogP contribution in [-0.4, -0.2) is 23.5 Å². The Balaban J connectivity index is 4.09. The summed E-state index contributed by atoms with van der Waals surface area (Å²) in [6, 6.07) is 0. The fourth-order valence-electron chi connectivity index (χ4n) is 0.913. The molecule has 0 fully saturated rings. The van der Waals surface area contributed by atoms with E-state index in [0.717, 1.165) is 0 Å². The molecule has 1 atom stereocenters. The zero-order chi connectivity index (χ0) is 9.07. The van der Waals surface area contributed by atoms with Crippen molar-refractivity contribution >= 4 is 9.28 Å². The first kappa shape index (κ1) is 11.1. The molecule has 3 heteroatoms. The fraction of sp³-hybridized carbons (Fsp3) is 1.00. The van der Waals surface area contributed by atoms with Crippen LogP contribution in [0, 0.1) is 5.41 Å². The van der Waals surface area contributed by atoms with Crippen LogP contribution in [0.1, 0.15) is 27.7 Å². The Morgan fingerprint density at radius 2 is 1.45 bits per heavy atom. The number of hydrogen-bond donors (Lipinski definition) is 0. The van der Waals surface area contributed by atoms with Gasteiger partial charge in [0.2, 0.25) is 0 Å². The second-order valence-corrected chi connectivity index (χ2v) is 6.67. The maximum Gasteiger partial charge on any atom is 0.324 e. The lowest BCUT2D eigenvalue weighted by Gasteiger charge is -2.30. The van der Waals surface area contributed by atoms with Gasteiger partial charge in [0.05, 0.1) is 0 Å². The van der Waals surface area contributed by atoms with Crippen LogP contribution in [0.25, 0.3) is 0 Å². The molecule has 11 heavy (non-hydrogen) atoms. The molecule has 0 saturated heterocycles. The van der Waals surface area contributed by atoms with Crippen LogP contribution in [0.2, 0.25) is 5.54 Å². The highest BCUT2D eigenvalue weighted by Crippen LogP contribution is 2.33. The maximum absolute atomic E-state index is 5.30. The summed E-state index contributed by atoms with van der Waals surface area (Å²) in [4.78, 5) is 0. The normalized spacial score (nSPS) is 15.5. The topological polar surface area (TPSA) is 18.5 Å². The van der Waals surface area contributed by atoms with Crippen LogP contribution in [0.5, 0.6) is 0 Å². The van der Waals surface area contributed by atoms with Crippen LogP contribution in [0.4, 0.5) is 0 Å². The van der Waals surface area contributed by atoms with E-state index in [9.17, 15) is 0 Å². The Kier molecular flexibility index (Phi) is 4.29. The summed E-state index contributed by atoms with van der Waals surface area (Å²) in [5, 5.41) is 0. The van der Waals surface area contributed by atoms with Crippen molar-refractivity contribution in [2.45, 2.75) is 33.2 Å². The lowest BCUT2D eigenvalue weighted by Crippen LogP contribution is -2.32. The average molecular weight is 176 g/mol. The SMILES string of the molecule is CO[SiH](OC)C(C)C(C)(C)C. The van der Waals surface area contributed by atoms with E-state index in [1.165, 1.54) is 0 Å². The highest BCUT2D eigenvalue weighted by Gasteiger charge is 2.30. The van der Waals surface area contributed by atoms with E-state index in [0.29, 0.717) is 11.0 Å². The maximum atomic E-state index is 5.30. The van der Waals surface area contributed by atoms with Crippen LogP contribution in [0.3, 0.4) is 0 Å². The number of rotatable bonds is 3. The lowest BCUT2D eigenvalue weighted by atomic mass is 9.93. The molecule has 0 rings (SSSR count). The minimum absolute atomic E-state index is 0.295. The quantitative estimate of drug-likeness (QED) is 0.612. The number of hydrogen-bond acceptors (Lipinski definition) is 2. The Morgan fingerprint density at radius 1 is 1.09 bits per heavy atom. The zero-order valence-corrected chi connectivity index (χ0v) is 9.63. The first-order valence-electron chi connectivity index (χ1n) is 3.99. The summed E-state index contributed by atoms with van der Waals surface area (Å²) in [6.07, 6.45) is 0. The molecule has 0 aliphatic carbocycles. The van der Waals surface area contributed by atoms with Gasteiger partial charge < -0.3 is 8.85 Å². The van der Waals surface area contributed by atoms with E-state index >= 15 is 0 Å². The molecular weight excluding hydrogens is 156 g/mol. The van der Waals surface area contributed by atoms with Crippen molar-refractivity contribution in [3.05, 3.63) is 0 Å². The molecule has 0 bridgehead atoms. The molecular formula is C8H20O2Si. The Labute approximate surface area is 71.7 Å². The van der Waals surface area contributed by atoms with Crippen LogP contribution < -0.4 is 0 Å². The van der Waals surface area contributed by atoms with Gasteiger partial charge in [-0.1, -0.05) is 27.7 Å². The van der Waals surface area contributed by atoms with Gasteiger partial charge in [-0.05, 0) is 5.41 Å². The molecule has 0 aliphatic rings. The van der Waals surface area contributed by atoms with Gasteiger partial charge in [-0.15, -0.1) is 0 Å². The molecule has 0 N–H and O–H groups in total. The Hall–Kier alpha value is 0.137. The van der Waals surface area contributed by atoms with Gasteiger partial charge in [0.25, 0.3) is 0 Å². The second kappa shape index (κ2) is 4.23. The minimum atomic E-state index is -1.41. The van der Waals surface area contributed by atoms with E-state index in [-0.39, 0.29) is 0 Å². The van der Waals surface area contributed by atoms with Crippen molar-refractivity contribution in [3.63, 3.8) is 0 Å². The van der Waals surface area contributed by atoms with E-state index in [1.54, 1.807) is 14.2 Å². The van der Waals surface area contributed by atoms with Crippen LogP contribution >= 0.6 is 0 Å². The van der Waals surface area contributed by atoms with Crippen molar-refractivity contribution in [3.8, 4) is 0 Å². The van der Waals surface area contributed by atoms with Gasteiger partial charge >= 0.3 is 9.28 Å². The lowest BCUT2D eigenvalue weighted by molar-refractivity contribution is 0.234. The molecule has 2 nitrogen and oxygen atoms in total. The molecule has 0 aromatic rings. The summed E-state index contributed by atoms with van der Waals surface area (Å²) in [7, 11) is 2.07. The van der Waals surface area contributed by atoms with Gasteiger partial charge in [0.1, 0.15) is 0 Å². The average Bonchev–Trinajstić information content (AvgIpc) is 1.88.